The van der Waals surface area contributed by atoms with Crippen LogP contribution in [0.3, 0.4) is 0 Å². The number of imidazole rings is 1. The Kier molecular flexibility index (Phi) is 5.90. The van der Waals surface area contributed by atoms with E-state index in [0.717, 1.165) is 0 Å². The summed E-state index contributed by atoms with van der Waals surface area (Å²) in [6, 6.07) is 5.00. The molecule has 1 fully saturated rings. The molecule has 1 saturated heterocycles. The highest BCUT2D eigenvalue weighted by Crippen LogP contribution is 2.24. The second-order valence-corrected chi connectivity index (χ2v) is 8.41. The van der Waals surface area contributed by atoms with E-state index in [1.54, 1.807) is 34.7 Å². The Hall–Kier alpha value is -2.59. The number of hydrogen-bond acceptors (Lipinski definition) is 6. The largest absolute Gasteiger partial charge is 0.497 e. The van der Waals surface area contributed by atoms with Crippen molar-refractivity contribution in [2.45, 2.75) is 11.4 Å². The summed E-state index contributed by atoms with van der Waals surface area (Å²) in [4.78, 5) is 18.6. The van der Waals surface area contributed by atoms with Gasteiger partial charge in [-0.25, -0.2) is 13.4 Å². The van der Waals surface area contributed by atoms with Crippen molar-refractivity contribution in [1.82, 2.24) is 18.8 Å². The van der Waals surface area contributed by atoms with E-state index in [9.17, 15) is 13.2 Å². The fraction of sp³-hybridized carbons (Fsp3) is 0.444. The number of carbonyl (C=O) groups excluding carboxylic acids is 1. The lowest BCUT2D eigenvalue weighted by Crippen LogP contribution is -2.37. The van der Waals surface area contributed by atoms with Crippen molar-refractivity contribution >= 4 is 15.9 Å². The minimum atomic E-state index is -3.68. The molecule has 0 bridgehead atoms. The number of carbonyl (C=O) groups is 1. The predicted molar refractivity (Wildman–Crippen MR) is 102 cm³/mol. The summed E-state index contributed by atoms with van der Waals surface area (Å²) in [5.74, 6) is 0.864. The van der Waals surface area contributed by atoms with Crippen molar-refractivity contribution in [3.05, 3.63) is 36.3 Å². The molecule has 1 aromatic carbocycles. The topological polar surface area (TPSA) is 94.0 Å². The molecule has 0 saturated carbocycles. The Balaban J connectivity index is 1.76. The molecule has 0 unspecified atom stereocenters. The van der Waals surface area contributed by atoms with Crippen LogP contribution in [0.4, 0.5) is 0 Å². The Morgan fingerprint density at radius 2 is 1.71 bits per heavy atom. The van der Waals surface area contributed by atoms with Crippen molar-refractivity contribution < 1.29 is 22.7 Å². The van der Waals surface area contributed by atoms with Crippen molar-refractivity contribution in [1.29, 1.82) is 0 Å². The van der Waals surface area contributed by atoms with Crippen LogP contribution in [-0.4, -0.2) is 73.5 Å². The zero-order valence-corrected chi connectivity index (χ0v) is 17.0. The van der Waals surface area contributed by atoms with Crippen LogP contribution >= 0.6 is 0 Å². The molecule has 1 aliphatic rings. The molecule has 0 radical (unpaired) electrons. The molecule has 0 N–H and O–H groups in total. The third kappa shape index (κ3) is 4.12. The van der Waals surface area contributed by atoms with Gasteiger partial charge in [0.05, 0.1) is 20.5 Å². The van der Waals surface area contributed by atoms with Gasteiger partial charge in [-0.2, -0.15) is 4.31 Å². The summed E-state index contributed by atoms with van der Waals surface area (Å²) in [5.41, 5.74) is 0.442. The average Bonchev–Trinajstić information content (AvgIpc) is 2.99. The number of rotatable bonds is 5. The molecule has 1 amide bonds. The third-order valence-electron chi connectivity index (χ3n) is 4.63. The number of nitrogens with zero attached hydrogens (tertiary/aromatic N) is 4. The van der Waals surface area contributed by atoms with Gasteiger partial charge in [-0.1, -0.05) is 0 Å². The van der Waals surface area contributed by atoms with Gasteiger partial charge in [0.1, 0.15) is 11.5 Å². The van der Waals surface area contributed by atoms with Crippen LogP contribution in [0.15, 0.2) is 35.7 Å². The molecule has 2 aromatic rings. The van der Waals surface area contributed by atoms with Crippen molar-refractivity contribution in [3.8, 4) is 11.5 Å². The molecule has 2 heterocycles. The maximum absolute atomic E-state index is 12.9. The number of benzene rings is 1. The van der Waals surface area contributed by atoms with Crippen molar-refractivity contribution in [2.24, 2.45) is 7.05 Å². The summed E-state index contributed by atoms with van der Waals surface area (Å²) < 4.78 is 39.0. The first-order valence-corrected chi connectivity index (χ1v) is 10.3. The number of methoxy groups -OCH3 is 2. The van der Waals surface area contributed by atoms with Gasteiger partial charge in [0.2, 0.25) is 0 Å². The molecular formula is C18H24N4O5S. The molecule has 28 heavy (non-hydrogen) atoms. The van der Waals surface area contributed by atoms with Gasteiger partial charge >= 0.3 is 0 Å². The molecule has 1 aromatic heterocycles. The molecule has 152 valence electrons. The fourth-order valence-corrected chi connectivity index (χ4v) is 4.54. The predicted octanol–water partition coefficient (Wildman–Crippen LogP) is 0.974. The molecule has 0 atom stereocenters. The van der Waals surface area contributed by atoms with E-state index in [-0.39, 0.29) is 17.5 Å². The minimum absolute atomic E-state index is 0.0207. The van der Waals surface area contributed by atoms with E-state index in [0.29, 0.717) is 43.1 Å². The molecule has 9 nitrogen and oxygen atoms in total. The normalized spacial score (nSPS) is 15.9. The molecule has 0 aliphatic carbocycles. The van der Waals surface area contributed by atoms with Crippen LogP contribution in [-0.2, 0) is 17.1 Å². The lowest BCUT2D eigenvalue weighted by Gasteiger charge is -2.22. The number of ether oxygens (including phenoxy) is 2. The molecular weight excluding hydrogens is 384 g/mol. The summed E-state index contributed by atoms with van der Waals surface area (Å²) >= 11 is 0. The Labute approximate surface area is 164 Å². The maximum Gasteiger partial charge on any atom is 0.262 e. The SMILES string of the molecule is COc1cc(OC)cc(C(=O)N2CCCN(S(=O)(=O)c3cn(C)cn3)CC2)c1. The average molecular weight is 408 g/mol. The molecule has 3 rings (SSSR count). The summed E-state index contributed by atoms with van der Waals surface area (Å²) in [5, 5.41) is 0.0207. The highest BCUT2D eigenvalue weighted by atomic mass is 32.2. The second kappa shape index (κ2) is 8.19. The quantitative estimate of drug-likeness (QED) is 0.732. The van der Waals surface area contributed by atoms with Gasteiger partial charge in [-0.3, -0.25) is 4.79 Å². The van der Waals surface area contributed by atoms with Gasteiger partial charge < -0.3 is 18.9 Å². The smallest absolute Gasteiger partial charge is 0.262 e. The zero-order valence-electron chi connectivity index (χ0n) is 16.2. The van der Waals surface area contributed by atoms with Crippen molar-refractivity contribution in [2.75, 3.05) is 40.4 Å². The van der Waals surface area contributed by atoms with Gasteiger partial charge in [0.25, 0.3) is 15.9 Å². The lowest BCUT2D eigenvalue weighted by atomic mass is 10.1. The van der Waals surface area contributed by atoms with E-state index >= 15 is 0 Å². The highest BCUT2D eigenvalue weighted by molar-refractivity contribution is 7.89. The van der Waals surface area contributed by atoms with Crippen LogP contribution in [0, 0.1) is 0 Å². The summed E-state index contributed by atoms with van der Waals surface area (Å²) in [6.07, 6.45) is 3.47. The number of aryl methyl sites for hydroxylation is 1. The van der Waals surface area contributed by atoms with Gasteiger partial charge in [0.15, 0.2) is 5.03 Å². The zero-order chi connectivity index (χ0) is 20.3. The lowest BCUT2D eigenvalue weighted by molar-refractivity contribution is 0.0763. The third-order valence-corrected chi connectivity index (χ3v) is 6.41. The van der Waals surface area contributed by atoms with E-state index < -0.39 is 10.0 Å². The van der Waals surface area contributed by atoms with E-state index in [4.69, 9.17) is 9.47 Å². The van der Waals surface area contributed by atoms with Crippen LogP contribution < -0.4 is 9.47 Å². The monoisotopic (exact) mass is 408 g/mol. The maximum atomic E-state index is 12.9. The highest BCUT2D eigenvalue weighted by Gasteiger charge is 2.30. The van der Waals surface area contributed by atoms with E-state index in [2.05, 4.69) is 4.98 Å². The number of amides is 1. The van der Waals surface area contributed by atoms with Crippen LogP contribution in [0.5, 0.6) is 11.5 Å². The Bertz CT molecular complexity index is 934. The Morgan fingerprint density at radius 1 is 1.04 bits per heavy atom. The first kappa shape index (κ1) is 20.2. The van der Waals surface area contributed by atoms with Gasteiger partial charge in [-0.15, -0.1) is 0 Å². The van der Waals surface area contributed by atoms with Gasteiger partial charge in [0, 0.05) is 51.1 Å². The fourth-order valence-electron chi connectivity index (χ4n) is 3.11. The van der Waals surface area contributed by atoms with Crippen LogP contribution in [0.25, 0.3) is 0 Å². The van der Waals surface area contributed by atoms with Crippen molar-refractivity contribution in [3.63, 3.8) is 0 Å². The second-order valence-electron chi connectivity index (χ2n) is 6.53. The van der Waals surface area contributed by atoms with Crippen LogP contribution in [0.1, 0.15) is 16.8 Å². The number of hydrogen-bond donors (Lipinski definition) is 0. The minimum Gasteiger partial charge on any atom is -0.497 e. The molecule has 1 aliphatic heterocycles. The van der Waals surface area contributed by atoms with Gasteiger partial charge in [-0.05, 0) is 18.6 Å². The molecule has 0 spiro atoms. The first-order chi connectivity index (χ1) is 13.3. The number of sulfonamides is 1. The van der Waals surface area contributed by atoms with E-state index in [1.807, 2.05) is 0 Å². The van der Waals surface area contributed by atoms with Crippen LogP contribution in [0.2, 0.25) is 0 Å². The first-order valence-electron chi connectivity index (χ1n) is 8.85. The molecule has 10 heteroatoms. The number of aromatic nitrogens is 2. The summed E-state index contributed by atoms with van der Waals surface area (Å²) in [6.45, 7) is 1.31. The summed E-state index contributed by atoms with van der Waals surface area (Å²) in [7, 11) is 1.09. The Morgan fingerprint density at radius 3 is 2.29 bits per heavy atom. The standard InChI is InChI=1S/C18H24N4O5S/c1-20-12-17(19-13-20)28(24,25)22-6-4-5-21(7-8-22)18(23)14-9-15(26-2)11-16(10-14)27-3/h9-13H,4-8H2,1-3H3. The van der Waals surface area contributed by atoms with E-state index in [1.165, 1.54) is 31.0 Å².